The zero-order valence-electron chi connectivity index (χ0n) is 16.5. The molecular weight excluding hydrogens is 356 g/mol. The van der Waals surface area contributed by atoms with E-state index in [1.807, 2.05) is 24.3 Å². The average molecular weight is 384 g/mol. The van der Waals surface area contributed by atoms with E-state index in [0.29, 0.717) is 35.7 Å². The fourth-order valence-corrected chi connectivity index (χ4v) is 2.56. The fourth-order valence-electron chi connectivity index (χ4n) is 2.56. The summed E-state index contributed by atoms with van der Waals surface area (Å²) in [5.41, 5.74) is 1.34. The lowest BCUT2D eigenvalue weighted by atomic mass is 10.0. The van der Waals surface area contributed by atoms with Gasteiger partial charge in [-0.2, -0.15) is 0 Å². The molecule has 0 atom stereocenters. The minimum Gasteiger partial charge on any atom is -0.410 e. The maximum atomic E-state index is 12.1. The summed E-state index contributed by atoms with van der Waals surface area (Å²) in [6, 6.07) is 14.3. The Morgan fingerprint density at radius 2 is 1.11 bits per heavy atom. The highest BCUT2D eigenvalue weighted by Gasteiger charge is 2.15. The molecular formula is C22H28N2O4. The third-order valence-corrected chi connectivity index (χ3v) is 4.07. The summed E-state index contributed by atoms with van der Waals surface area (Å²) in [4.78, 5) is 24.1. The molecule has 0 unspecified atom stereocenters. The van der Waals surface area contributed by atoms with Crippen LogP contribution >= 0.6 is 0 Å². The number of ether oxygens (including phenoxy) is 2. The van der Waals surface area contributed by atoms with Crippen molar-refractivity contribution >= 4 is 12.2 Å². The van der Waals surface area contributed by atoms with E-state index in [-0.39, 0.29) is 0 Å². The van der Waals surface area contributed by atoms with E-state index in [2.05, 4.69) is 24.5 Å². The van der Waals surface area contributed by atoms with Gasteiger partial charge >= 0.3 is 12.2 Å². The first kappa shape index (κ1) is 21.3. The number of carbonyl (C=O) groups excluding carboxylic acids is 2. The van der Waals surface area contributed by atoms with Crippen LogP contribution in [0.1, 0.15) is 39.5 Å². The highest BCUT2D eigenvalue weighted by Crippen LogP contribution is 2.36. The molecule has 150 valence electrons. The zero-order chi connectivity index (χ0) is 20.2. The van der Waals surface area contributed by atoms with Crippen molar-refractivity contribution in [1.82, 2.24) is 10.6 Å². The van der Waals surface area contributed by atoms with Crippen molar-refractivity contribution in [3.8, 4) is 22.6 Å². The molecule has 0 saturated carbocycles. The molecule has 0 aliphatic rings. The number of hydrogen-bond donors (Lipinski definition) is 2. The van der Waals surface area contributed by atoms with E-state index in [1.54, 1.807) is 24.3 Å². The Morgan fingerprint density at radius 1 is 0.714 bits per heavy atom. The molecule has 0 aromatic heterocycles. The van der Waals surface area contributed by atoms with Gasteiger partial charge in [0.25, 0.3) is 0 Å². The van der Waals surface area contributed by atoms with Crippen molar-refractivity contribution in [2.75, 3.05) is 13.1 Å². The molecule has 2 aromatic rings. The molecule has 0 bridgehead atoms. The number of para-hydroxylation sites is 2. The van der Waals surface area contributed by atoms with Crippen LogP contribution in [0.4, 0.5) is 9.59 Å². The predicted octanol–water partition coefficient (Wildman–Crippen LogP) is 5.13. The topological polar surface area (TPSA) is 76.7 Å². The Hall–Kier alpha value is -3.02. The Labute approximate surface area is 166 Å². The van der Waals surface area contributed by atoms with Crippen LogP contribution in [0.25, 0.3) is 11.1 Å². The summed E-state index contributed by atoms with van der Waals surface area (Å²) in [5.74, 6) is 0.804. The van der Waals surface area contributed by atoms with Gasteiger partial charge in [0.2, 0.25) is 0 Å². The number of carbonyl (C=O) groups is 2. The molecule has 6 heteroatoms. The van der Waals surface area contributed by atoms with E-state index in [4.69, 9.17) is 9.47 Å². The second-order valence-corrected chi connectivity index (χ2v) is 6.33. The Bertz CT molecular complexity index is 711. The molecule has 2 rings (SSSR count). The number of amides is 2. The molecule has 0 spiro atoms. The lowest BCUT2D eigenvalue weighted by molar-refractivity contribution is 0.199. The van der Waals surface area contributed by atoms with Gasteiger partial charge in [-0.05, 0) is 25.0 Å². The van der Waals surface area contributed by atoms with Crippen molar-refractivity contribution < 1.29 is 19.1 Å². The van der Waals surface area contributed by atoms with Crippen molar-refractivity contribution in [1.29, 1.82) is 0 Å². The molecule has 2 N–H and O–H groups in total. The van der Waals surface area contributed by atoms with E-state index < -0.39 is 12.2 Å². The van der Waals surface area contributed by atoms with Gasteiger partial charge in [0, 0.05) is 24.2 Å². The number of rotatable bonds is 9. The highest BCUT2D eigenvalue weighted by molar-refractivity contribution is 5.82. The molecule has 0 saturated heterocycles. The molecule has 0 aliphatic heterocycles. The normalized spacial score (nSPS) is 10.2. The third-order valence-electron chi connectivity index (χ3n) is 4.07. The maximum absolute atomic E-state index is 12.1. The van der Waals surface area contributed by atoms with Gasteiger partial charge in [-0.1, -0.05) is 63.1 Å². The van der Waals surface area contributed by atoms with E-state index in [0.717, 1.165) is 25.7 Å². The number of unbranched alkanes of at least 4 members (excludes halogenated alkanes) is 2. The lowest BCUT2D eigenvalue weighted by Crippen LogP contribution is -2.28. The number of nitrogens with one attached hydrogen (secondary N) is 2. The van der Waals surface area contributed by atoms with Gasteiger partial charge in [0.1, 0.15) is 11.5 Å². The monoisotopic (exact) mass is 384 g/mol. The van der Waals surface area contributed by atoms with Crippen LogP contribution in [-0.4, -0.2) is 25.3 Å². The molecule has 2 aromatic carbocycles. The van der Waals surface area contributed by atoms with Crippen LogP contribution in [0.5, 0.6) is 11.5 Å². The average Bonchev–Trinajstić information content (AvgIpc) is 2.69. The molecule has 0 radical (unpaired) electrons. The summed E-state index contributed by atoms with van der Waals surface area (Å²) in [6.07, 6.45) is 2.75. The summed E-state index contributed by atoms with van der Waals surface area (Å²) in [6.45, 7) is 5.24. The molecule has 0 heterocycles. The first-order valence-electron chi connectivity index (χ1n) is 9.75. The largest absolute Gasteiger partial charge is 0.412 e. The first-order chi connectivity index (χ1) is 13.7. The van der Waals surface area contributed by atoms with Gasteiger partial charge in [0.05, 0.1) is 0 Å². The van der Waals surface area contributed by atoms with E-state index in [9.17, 15) is 9.59 Å². The van der Waals surface area contributed by atoms with Crippen molar-refractivity contribution in [2.24, 2.45) is 0 Å². The molecule has 28 heavy (non-hydrogen) atoms. The van der Waals surface area contributed by atoms with Gasteiger partial charge < -0.3 is 20.1 Å². The van der Waals surface area contributed by atoms with Crippen molar-refractivity contribution in [3.05, 3.63) is 48.5 Å². The summed E-state index contributed by atoms with van der Waals surface area (Å²) in [5, 5.41) is 5.46. The van der Waals surface area contributed by atoms with Crippen LogP contribution in [0.2, 0.25) is 0 Å². The third kappa shape index (κ3) is 6.61. The molecule has 6 nitrogen and oxygen atoms in total. The first-order valence-corrected chi connectivity index (χ1v) is 9.75. The number of hydrogen-bond acceptors (Lipinski definition) is 4. The van der Waals surface area contributed by atoms with Crippen LogP contribution < -0.4 is 20.1 Å². The lowest BCUT2D eigenvalue weighted by Gasteiger charge is -2.14. The predicted molar refractivity (Wildman–Crippen MR) is 110 cm³/mol. The Kier molecular flexibility index (Phi) is 8.85. The Balaban J connectivity index is 2.17. The van der Waals surface area contributed by atoms with Gasteiger partial charge in [0.15, 0.2) is 0 Å². The standard InChI is InChI=1S/C22H28N2O4/c1-3-5-15-23-21(25)27-19-13-9-7-11-17(19)18-12-8-10-14-20(18)28-22(26)24-16-6-4-2/h7-14H,3-6,15-16H2,1-2H3,(H,23,25)(H,24,26). The van der Waals surface area contributed by atoms with Crippen molar-refractivity contribution in [3.63, 3.8) is 0 Å². The second kappa shape index (κ2) is 11.6. The maximum Gasteiger partial charge on any atom is 0.412 e. The van der Waals surface area contributed by atoms with Gasteiger partial charge in [-0.15, -0.1) is 0 Å². The quantitative estimate of drug-likeness (QED) is 0.588. The van der Waals surface area contributed by atoms with Gasteiger partial charge in [-0.3, -0.25) is 0 Å². The summed E-state index contributed by atoms with van der Waals surface area (Å²) in [7, 11) is 0. The van der Waals surface area contributed by atoms with Crippen LogP contribution in [0.15, 0.2) is 48.5 Å². The Morgan fingerprint density at radius 3 is 1.50 bits per heavy atom. The van der Waals surface area contributed by atoms with Gasteiger partial charge in [-0.25, -0.2) is 9.59 Å². The zero-order valence-corrected chi connectivity index (χ0v) is 16.5. The molecule has 2 amide bonds. The fraction of sp³-hybridized carbons (Fsp3) is 0.364. The molecule has 0 fully saturated rings. The minimum absolute atomic E-state index is 0.402. The smallest absolute Gasteiger partial charge is 0.410 e. The van der Waals surface area contributed by atoms with Crippen LogP contribution in [-0.2, 0) is 0 Å². The van der Waals surface area contributed by atoms with E-state index in [1.165, 1.54) is 0 Å². The second-order valence-electron chi connectivity index (χ2n) is 6.33. The van der Waals surface area contributed by atoms with Crippen LogP contribution in [0.3, 0.4) is 0 Å². The van der Waals surface area contributed by atoms with E-state index >= 15 is 0 Å². The summed E-state index contributed by atoms with van der Waals surface area (Å²) < 4.78 is 11.0. The van der Waals surface area contributed by atoms with Crippen LogP contribution in [0, 0.1) is 0 Å². The number of benzene rings is 2. The molecule has 0 aliphatic carbocycles. The minimum atomic E-state index is -0.503. The van der Waals surface area contributed by atoms with Crippen molar-refractivity contribution in [2.45, 2.75) is 39.5 Å². The highest BCUT2D eigenvalue weighted by atomic mass is 16.6. The summed E-state index contributed by atoms with van der Waals surface area (Å²) >= 11 is 0. The SMILES string of the molecule is CCCCNC(=O)Oc1ccccc1-c1ccccc1OC(=O)NCCCC.